The van der Waals surface area contributed by atoms with E-state index in [0.717, 1.165) is 0 Å². The van der Waals surface area contributed by atoms with E-state index < -0.39 is 0 Å². The summed E-state index contributed by atoms with van der Waals surface area (Å²) in [6, 6.07) is 0. The van der Waals surface area contributed by atoms with Crippen LogP contribution in [-0.4, -0.2) is 24.7 Å². The lowest BCUT2D eigenvalue weighted by atomic mass is 10.6. The molecule has 0 atom stereocenters. The normalized spacial score (nSPS) is 8.56. The smallest absolute Gasteiger partial charge is 0.217 e. The zero-order valence-corrected chi connectivity index (χ0v) is 5.83. The van der Waals surface area contributed by atoms with E-state index in [1.807, 2.05) is 0 Å². The third-order valence-corrected chi connectivity index (χ3v) is 1.02. The quantitative estimate of drug-likeness (QED) is 0.528. The van der Waals surface area contributed by atoms with Gasteiger partial charge in [0.25, 0.3) is 0 Å². The molecule has 2 radical (unpaired) electrons. The molecule has 0 aromatic heterocycles. The average Bonchev–Trinajstić information content (AvgIpc) is 1.83. The van der Waals surface area contributed by atoms with Gasteiger partial charge in [0.15, 0.2) is 12.2 Å². The fourth-order valence-electron chi connectivity index (χ4n) is 0.238. The number of carbonyl (C=O) groups is 2. The molecule has 0 aliphatic carbocycles. The first-order chi connectivity index (χ1) is 4.16. The van der Waals surface area contributed by atoms with E-state index in [4.69, 9.17) is 7.12 Å². The Balaban J connectivity index is 3.28. The first kappa shape index (κ1) is 8.55. The van der Waals surface area contributed by atoms with Gasteiger partial charge >= 0.3 is 0 Å². The number of nitrogens with one attached hydrogen (secondary N) is 1. The molecule has 1 N–H and O–H groups in total. The Labute approximate surface area is 58.9 Å². The summed E-state index contributed by atoms with van der Waals surface area (Å²) in [7, 11) is 4.87. The second kappa shape index (κ2) is 4.44. The van der Waals surface area contributed by atoms with Crippen LogP contribution in [0.3, 0.4) is 0 Å². The lowest BCUT2D eigenvalue weighted by molar-refractivity contribution is -0.121. The minimum atomic E-state index is -0.245. The molecule has 5 heteroatoms. The predicted octanol–water partition coefficient (Wildman–Crippen LogP) is -0.534. The molecule has 0 unspecified atom stereocenters. The Morgan fingerprint density at radius 3 is 2.56 bits per heavy atom. The molecule has 0 aliphatic rings. The van der Waals surface area contributed by atoms with E-state index in [9.17, 15) is 9.59 Å². The van der Waals surface area contributed by atoms with Crippen LogP contribution < -0.4 is 5.32 Å². The first-order valence-electron chi connectivity index (χ1n) is 2.31. The van der Waals surface area contributed by atoms with Gasteiger partial charge in [-0.1, -0.05) is 0 Å². The van der Waals surface area contributed by atoms with Crippen molar-refractivity contribution in [1.29, 1.82) is 0 Å². The second-order valence-electron chi connectivity index (χ2n) is 1.40. The van der Waals surface area contributed by atoms with Crippen LogP contribution in [0, 0.1) is 0 Å². The highest BCUT2D eigenvalue weighted by atomic mass is 32.2. The van der Waals surface area contributed by atoms with Gasteiger partial charge in [-0.2, -0.15) is 11.6 Å². The van der Waals surface area contributed by atoms with Gasteiger partial charge in [0.1, 0.15) is 0 Å². The summed E-state index contributed by atoms with van der Waals surface area (Å²) in [5.74, 6) is -0.225. The molecule has 0 aromatic carbocycles. The Morgan fingerprint density at radius 1 is 1.67 bits per heavy atom. The number of carbonyl (C=O) groups excluding carboxylic acids is 2. The van der Waals surface area contributed by atoms with Crippen LogP contribution >= 0.6 is 11.6 Å². The Kier molecular flexibility index (Phi) is 4.22. The van der Waals surface area contributed by atoms with Crippen LogP contribution in [0.15, 0.2) is 0 Å². The van der Waals surface area contributed by atoms with Gasteiger partial charge in [0.05, 0.1) is 6.54 Å². The molecule has 0 spiro atoms. The Hall–Kier alpha value is -0.445. The van der Waals surface area contributed by atoms with Crippen molar-refractivity contribution in [2.75, 3.05) is 6.54 Å². The molecule has 0 saturated carbocycles. The highest BCUT2D eigenvalue weighted by Crippen LogP contribution is 1.88. The minimum Gasteiger partial charge on any atom is -0.348 e. The van der Waals surface area contributed by atoms with Crippen LogP contribution in [-0.2, 0) is 9.59 Å². The van der Waals surface area contributed by atoms with Gasteiger partial charge < -0.3 is 5.32 Å². The summed E-state index contributed by atoms with van der Waals surface area (Å²) in [6.07, 6.45) is 0. The molecule has 0 aliphatic heterocycles. The van der Waals surface area contributed by atoms with Gasteiger partial charge in [-0.25, -0.2) is 0 Å². The summed E-state index contributed by atoms with van der Waals surface area (Å²) in [5.41, 5.74) is 0. The van der Waals surface area contributed by atoms with Crippen molar-refractivity contribution in [1.82, 2.24) is 5.32 Å². The van der Waals surface area contributed by atoms with Crippen molar-refractivity contribution in [3.63, 3.8) is 0 Å². The molecule has 0 bridgehead atoms. The molecule has 9 heavy (non-hydrogen) atoms. The maximum atomic E-state index is 10.3. The number of hydrogen-bond acceptors (Lipinski definition) is 3. The Bertz CT molecular complexity index is 128. The topological polar surface area (TPSA) is 46.2 Å². The summed E-state index contributed by atoms with van der Waals surface area (Å²) >= 11 is 0.613. The molecule has 3 nitrogen and oxygen atoms in total. The predicted molar refractivity (Wildman–Crippen MR) is 37.0 cm³/mol. The van der Waals surface area contributed by atoms with E-state index in [-0.39, 0.29) is 17.6 Å². The second-order valence-corrected chi connectivity index (χ2v) is 2.09. The van der Waals surface area contributed by atoms with Gasteiger partial charge in [-0.05, 0) is 0 Å². The molecule has 1 amide bonds. The van der Waals surface area contributed by atoms with Crippen LogP contribution in [0.2, 0.25) is 0 Å². The molecule has 0 heterocycles. The van der Waals surface area contributed by atoms with Crippen LogP contribution in [0.5, 0.6) is 0 Å². The number of rotatable bonds is 2. The van der Waals surface area contributed by atoms with Crippen molar-refractivity contribution in [2.24, 2.45) is 0 Å². The van der Waals surface area contributed by atoms with Gasteiger partial charge in [-0.15, -0.1) is 0 Å². The molecular formula is C4H6BNO2S. The summed E-state index contributed by atoms with van der Waals surface area (Å²) in [6.45, 7) is 1.35. The SMILES string of the molecule is [B]SC(=O)CNC(C)=O. The van der Waals surface area contributed by atoms with E-state index in [2.05, 4.69) is 5.32 Å². The molecule has 0 fully saturated rings. The molecule has 0 saturated heterocycles. The van der Waals surface area contributed by atoms with E-state index in [1.165, 1.54) is 6.92 Å². The molecule has 48 valence electrons. The lowest BCUT2D eigenvalue weighted by Crippen LogP contribution is -2.25. The molecular weight excluding hydrogens is 137 g/mol. The first-order valence-corrected chi connectivity index (χ1v) is 3.18. The fourth-order valence-corrected chi connectivity index (χ4v) is 0.394. The zero-order chi connectivity index (χ0) is 7.28. The van der Waals surface area contributed by atoms with E-state index >= 15 is 0 Å². The number of amides is 1. The maximum absolute atomic E-state index is 10.3. The standard InChI is InChI=1S/C4H6BNO2S/c1-3(7)6-2-4(8)9-5/h2H2,1H3,(H,6,7). The Morgan fingerprint density at radius 2 is 2.22 bits per heavy atom. The highest BCUT2D eigenvalue weighted by Gasteiger charge is 1.96. The van der Waals surface area contributed by atoms with Crippen molar-refractivity contribution >= 4 is 29.8 Å². The molecule has 0 rings (SSSR count). The van der Waals surface area contributed by atoms with Gasteiger partial charge in [0.2, 0.25) is 5.91 Å². The van der Waals surface area contributed by atoms with Crippen molar-refractivity contribution in [3.05, 3.63) is 0 Å². The van der Waals surface area contributed by atoms with Crippen LogP contribution in [0.25, 0.3) is 0 Å². The number of hydrogen-bond donors (Lipinski definition) is 1. The third kappa shape index (κ3) is 5.43. The highest BCUT2D eigenvalue weighted by molar-refractivity contribution is 8.31. The van der Waals surface area contributed by atoms with Crippen molar-refractivity contribution in [2.45, 2.75) is 6.92 Å². The zero-order valence-electron chi connectivity index (χ0n) is 5.01. The van der Waals surface area contributed by atoms with E-state index in [0.29, 0.717) is 11.6 Å². The van der Waals surface area contributed by atoms with Gasteiger partial charge in [0, 0.05) is 6.92 Å². The summed E-state index contributed by atoms with van der Waals surface area (Å²) in [5, 5.41) is 2.06. The van der Waals surface area contributed by atoms with Gasteiger partial charge in [-0.3, -0.25) is 9.59 Å². The third-order valence-electron chi connectivity index (χ3n) is 0.613. The maximum Gasteiger partial charge on any atom is 0.217 e. The lowest BCUT2D eigenvalue weighted by Gasteiger charge is -1.96. The molecule has 0 aromatic rings. The van der Waals surface area contributed by atoms with Crippen LogP contribution in [0.1, 0.15) is 6.92 Å². The average molecular weight is 143 g/mol. The van der Waals surface area contributed by atoms with Crippen molar-refractivity contribution in [3.8, 4) is 0 Å². The van der Waals surface area contributed by atoms with Crippen molar-refractivity contribution < 1.29 is 9.59 Å². The van der Waals surface area contributed by atoms with E-state index in [1.54, 1.807) is 0 Å². The van der Waals surface area contributed by atoms with Crippen LogP contribution in [0.4, 0.5) is 0 Å². The monoisotopic (exact) mass is 143 g/mol. The largest absolute Gasteiger partial charge is 0.348 e. The minimum absolute atomic E-state index is 0.0104. The summed E-state index contributed by atoms with van der Waals surface area (Å²) < 4.78 is 0. The summed E-state index contributed by atoms with van der Waals surface area (Å²) in [4.78, 5) is 20.5. The fraction of sp³-hybridized carbons (Fsp3) is 0.500.